The number of nitrogens with zero attached hydrogens (tertiary/aromatic N) is 2. The summed E-state index contributed by atoms with van der Waals surface area (Å²) in [5, 5.41) is 6.72. The molecule has 5 nitrogen and oxygen atoms in total. The van der Waals surface area contributed by atoms with E-state index < -0.39 is 0 Å². The minimum atomic E-state index is 0.155. The molecule has 72 valence electrons. The fraction of sp³-hybridized carbons (Fsp3) is 0.429. The normalized spacial score (nSPS) is 9.85. The van der Waals surface area contributed by atoms with Gasteiger partial charge in [-0.05, 0) is 6.07 Å². The molecule has 0 saturated heterocycles. The second-order valence-corrected chi connectivity index (χ2v) is 3.55. The Balaban J connectivity index is 2.05. The highest BCUT2D eigenvalue weighted by atomic mass is 32.2. The molecule has 0 aromatic carbocycles. The predicted molar refractivity (Wildman–Crippen MR) is 55.4 cm³/mol. The van der Waals surface area contributed by atoms with Gasteiger partial charge in [-0.3, -0.25) is 10.1 Å². The number of rotatable bonds is 5. The first-order valence-corrected chi connectivity index (χ1v) is 5.06. The van der Waals surface area contributed by atoms with Crippen molar-refractivity contribution >= 4 is 17.7 Å². The smallest absolute Gasteiger partial charge is 0.185 e. The van der Waals surface area contributed by atoms with Crippen LogP contribution in [0.5, 0.6) is 0 Å². The Labute approximate surface area is 81.0 Å². The van der Waals surface area contributed by atoms with Crippen molar-refractivity contribution in [1.29, 1.82) is 0 Å². The maximum atomic E-state index is 5.17. The van der Waals surface area contributed by atoms with Gasteiger partial charge in [0, 0.05) is 23.4 Å². The number of thioether (sulfide) groups is 1. The molecule has 0 saturated carbocycles. The lowest BCUT2D eigenvalue weighted by Gasteiger charge is -1.96. The van der Waals surface area contributed by atoms with Crippen molar-refractivity contribution in [2.45, 2.75) is 5.75 Å². The number of aliphatic imine (C=N–C) groups is 1. The predicted octanol–water partition coefficient (Wildman–Crippen LogP) is -0.0837. The number of hydrogen-bond donors (Lipinski definition) is 3. The van der Waals surface area contributed by atoms with E-state index in [0.29, 0.717) is 6.54 Å². The van der Waals surface area contributed by atoms with E-state index in [1.54, 1.807) is 18.0 Å². The molecule has 0 spiro atoms. The number of nitrogens with one attached hydrogen (secondary N) is 1. The summed E-state index contributed by atoms with van der Waals surface area (Å²) in [7, 11) is 0. The maximum absolute atomic E-state index is 5.17. The number of guanidine groups is 1. The second kappa shape index (κ2) is 5.47. The second-order valence-electron chi connectivity index (χ2n) is 2.44. The molecule has 0 amide bonds. The summed E-state index contributed by atoms with van der Waals surface area (Å²) >= 11 is 1.76. The molecule has 0 aliphatic carbocycles. The lowest BCUT2D eigenvalue weighted by Crippen LogP contribution is -2.23. The van der Waals surface area contributed by atoms with Gasteiger partial charge in [-0.25, -0.2) is 0 Å². The van der Waals surface area contributed by atoms with Crippen LogP contribution in [0.15, 0.2) is 17.3 Å². The Bertz CT molecular complexity index is 252. The minimum absolute atomic E-state index is 0.155. The van der Waals surface area contributed by atoms with Crippen molar-refractivity contribution < 1.29 is 0 Å². The quantitative estimate of drug-likeness (QED) is 0.351. The molecule has 1 aromatic rings. The van der Waals surface area contributed by atoms with Gasteiger partial charge in [0.2, 0.25) is 0 Å². The van der Waals surface area contributed by atoms with Gasteiger partial charge in [-0.2, -0.15) is 16.9 Å². The summed E-state index contributed by atoms with van der Waals surface area (Å²) in [6, 6.07) is 1.95. The molecule has 6 heteroatoms. The molecule has 13 heavy (non-hydrogen) atoms. The zero-order chi connectivity index (χ0) is 9.52. The Morgan fingerprint density at radius 1 is 1.62 bits per heavy atom. The van der Waals surface area contributed by atoms with Gasteiger partial charge in [0.05, 0.1) is 6.54 Å². The van der Waals surface area contributed by atoms with E-state index in [1.807, 2.05) is 6.07 Å². The Hall–Kier alpha value is -1.17. The van der Waals surface area contributed by atoms with E-state index in [0.717, 1.165) is 17.2 Å². The zero-order valence-electron chi connectivity index (χ0n) is 7.23. The van der Waals surface area contributed by atoms with Crippen LogP contribution in [-0.4, -0.2) is 28.5 Å². The first kappa shape index (κ1) is 9.91. The summed E-state index contributed by atoms with van der Waals surface area (Å²) in [4.78, 5) is 3.87. The highest BCUT2D eigenvalue weighted by molar-refractivity contribution is 7.98. The summed E-state index contributed by atoms with van der Waals surface area (Å²) in [5.41, 5.74) is 11.5. The van der Waals surface area contributed by atoms with E-state index in [1.165, 1.54) is 0 Å². The van der Waals surface area contributed by atoms with Crippen LogP contribution in [0.1, 0.15) is 5.69 Å². The van der Waals surface area contributed by atoms with E-state index in [2.05, 4.69) is 15.2 Å². The van der Waals surface area contributed by atoms with Crippen LogP contribution < -0.4 is 11.5 Å². The van der Waals surface area contributed by atoms with Crippen LogP contribution in [-0.2, 0) is 5.75 Å². The van der Waals surface area contributed by atoms with Gasteiger partial charge < -0.3 is 11.5 Å². The van der Waals surface area contributed by atoms with Crippen molar-refractivity contribution in [3.05, 3.63) is 18.0 Å². The molecule has 0 radical (unpaired) electrons. The van der Waals surface area contributed by atoms with Crippen LogP contribution in [0.2, 0.25) is 0 Å². The summed E-state index contributed by atoms with van der Waals surface area (Å²) in [6.07, 6.45) is 1.74. The molecule has 0 atom stereocenters. The Kier molecular flexibility index (Phi) is 4.17. The van der Waals surface area contributed by atoms with Crippen LogP contribution in [0.3, 0.4) is 0 Å². The molecule has 0 aliphatic rings. The van der Waals surface area contributed by atoms with Gasteiger partial charge in [0.15, 0.2) is 5.96 Å². The average Bonchev–Trinajstić information content (AvgIpc) is 2.55. The van der Waals surface area contributed by atoms with E-state index in [4.69, 9.17) is 11.5 Å². The largest absolute Gasteiger partial charge is 0.370 e. The highest BCUT2D eigenvalue weighted by Gasteiger charge is 1.93. The van der Waals surface area contributed by atoms with E-state index in [-0.39, 0.29) is 5.96 Å². The van der Waals surface area contributed by atoms with Gasteiger partial charge in [0.1, 0.15) is 0 Å². The van der Waals surface area contributed by atoms with Crippen molar-refractivity contribution in [2.75, 3.05) is 12.3 Å². The molecule has 0 aliphatic heterocycles. The van der Waals surface area contributed by atoms with Gasteiger partial charge >= 0.3 is 0 Å². The number of aromatic nitrogens is 2. The maximum Gasteiger partial charge on any atom is 0.185 e. The van der Waals surface area contributed by atoms with Crippen molar-refractivity contribution in [1.82, 2.24) is 10.2 Å². The highest BCUT2D eigenvalue weighted by Crippen LogP contribution is 2.08. The Morgan fingerprint density at radius 3 is 3.08 bits per heavy atom. The third kappa shape index (κ3) is 4.41. The SMILES string of the molecule is NC(N)=NCCSCc1ccn[nH]1. The molecule has 1 rings (SSSR count). The molecular weight excluding hydrogens is 186 g/mol. The van der Waals surface area contributed by atoms with E-state index in [9.17, 15) is 0 Å². The minimum Gasteiger partial charge on any atom is -0.370 e. The van der Waals surface area contributed by atoms with Crippen LogP contribution in [0.4, 0.5) is 0 Å². The monoisotopic (exact) mass is 199 g/mol. The summed E-state index contributed by atoms with van der Waals surface area (Å²) < 4.78 is 0. The number of H-pyrrole nitrogens is 1. The van der Waals surface area contributed by atoms with Crippen molar-refractivity contribution in [3.63, 3.8) is 0 Å². The fourth-order valence-corrected chi connectivity index (χ4v) is 1.53. The van der Waals surface area contributed by atoms with Gasteiger partial charge in [-0.1, -0.05) is 0 Å². The van der Waals surface area contributed by atoms with Crippen LogP contribution in [0, 0.1) is 0 Å². The summed E-state index contributed by atoms with van der Waals surface area (Å²) in [6.45, 7) is 0.668. The van der Waals surface area contributed by atoms with Crippen LogP contribution >= 0.6 is 11.8 Å². The van der Waals surface area contributed by atoms with Gasteiger partial charge in [0.25, 0.3) is 0 Å². The molecule has 0 fully saturated rings. The lowest BCUT2D eigenvalue weighted by atomic mass is 10.5. The Morgan fingerprint density at radius 2 is 2.46 bits per heavy atom. The van der Waals surface area contributed by atoms with Crippen molar-refractivity contribution in [3.8, 4) is 0 Å². The average molecular weight is 199 g/mol. The fourth-order valence-electron chi connectivity index (χ4n) is 0.786. The molecule has 1 aromatic heterocycles. The molecule has 1 heterocycles. The lowest BCUT2D eigenvalue weighted by molar-refractivity contribution is 1.04. The number of aromatic amines is 1. The van der Waals surface area contributed by atoms with Crippen molar-refractivity contribution in [2.24, 2.45) is 16.5 Å². The molecule has 0 unspecified atom stereocenters. The topological polar surface area (TPSA) is 93.1 Å². The third-order valence-electron chi connectivity index (χ3n) is 1.35. The third-order valence-corrected chi connectivity index (χ3v) is 2.33. The molecular formula is C7H13N5S. The first-order valence-electron chi connectivity index (χ1n) is 3.90. The van der Waals surface area contributed by atoms with Gasteiger partial charge in [-0.15, -0.1) is 0 Å². The molecule has 5 N–H and O–H groups in total. The van der Waals surface area contributed by atoms with E-state index >= 15 is 0 Å². The number of nitrogens with two attached hydrogens (primary N) is 2. The number of hydrogen-bond acceptors (Lipinski definition) is 3. The van der Waals surface area contributed by atoms with Crippen LogP contribution in [0.25, 0.3) is 0 Å². The molecule has 0 bridgehead atoms. The zero-order valence-corrected chi connectivity index (χ0v) is 8.05. The standard InChI is InChI=1S/C7H13N5S/c8-7(9)10-3-4-13-5-6-1-2-11-12-6/h1-2H,3-5H2,(H,11,12)(H4,8,9,10). The summed E-state index contributed by atoms with van der Waals surface area (Å²) in [5.74, 6) is 1.99. The first-order chi connectivity index (χ1) is 6.29.